The summed E-state index contributed by atoms with van der Waals surface area (Å²) in [5, 5.41) is 16.8. The van der Waals surface area contributed by atoms with Gasteiger partial charge in [-0.3, -0.25) is 29.1 Å². The lowest BCUT2D eigenvalue weighted by Gasteiger charge is -2.29. The van der Waals surface area contributed by atoms with Crippen LogP contribution in [0.15, 0.2) is 48.2 Å². The van der Waals surface area contributed by atoms with Crippen molar-refractivity contribution >= 4 is 34.5 Å². The number of cyclic esters (lactones) is 1. The summed E-state index contributed by atoms with van der Waals surface area (Å²) in [4.78, 5) is 59.0. The van der Waals surface area contributed by atoms with E-state index in [1.165, 1.54) is 4.90 Å². The van der Waals surface area contributed by atoms with Crippen LogP contribution in [0.25, 0.3) is 10.8 Å². The molecule has 2 saturated heterocycles. The number of pyridine rings is 1. The Morgan fingerprint density at radius 1 is 1.10 bits per heavy atom. The summed E-state index contributed by atoms with van der Waals surface area (Å²) >= 11 is 0. The minimum atomic E-state index is -1.43. The number of ether oxygens (including phenoxy) is 2. The Hall–Kier alpha value is -3.87. The monoisotopic (exact) mass is 537 g/mol. The molecule has 3 N–H and O–H groups in total. The van der Waals surface area contributed by atoms with Crippen LogP contribution < -0.4 is 10.6 Å². The highest BCUT2D eigenvalue weighted by Gasteiger charge is 2.36. The van der Waals surface area contributed by atoms with E-state index < -0.39 is 42.1 Å². The number of aromatic nitrogens is 1. The van der Waals surface area contributed by atoms with E-state index in [0.29, 0.717) is 25.1 Å². The number of hydrogen-bond acceptors (Lipinski definition) is 9. The van der Waals surface area contributed by atoms with Gasteiger partial charge in [-0.15, -0.1) is 0 Å². The Kier molecular flexibility index (Phi) is 8.15. The maximum Gasteiger partial charge on any atom is 0.310 e. The predicted molar refractivity (Wildman–Crippen MR) is 138 cm³/mol. The van der Waals surface area contributed by atoms with E-state index in [9.17, 15) is 24.3 Å². The third kappa shape index (κ3) is 6.41. The highest BCUT2D eigenvalue weighted by Crippen LogP contribution is 2.19. The number of aliphatic hydroxyl groups is 1. The van der Waals surface area contributed by atoms with Gasteiger partial charge in [-0.1, -0.05) is 30.3 Å². The van der Waals surface area contributed by atoms with Crippen molar-refractivity contribution in [2.24, 2.45) is 0 Å². The van der Waals surface area contributed by atoms with Crippen LogP contribution in [0.2, 0.25) is 0 Å². The quantitative estimate of drug-likeness (QED) is 0.316. The Labute approximate surface area is 224 Å². The van der Waals surface area contributed by atoms with Crippen LogP contribution in [0.5, 0.6) is 0 Å². The first-order valence-electron chi connectivity index (χ1n) is 13.0. The molecule has 4 heterocycles. The smallest absolute Gasteiger partial charge is 0.310 e. The second kappa shape index (κ2) is 11.9. The molecular formula is C27H31N5O7. The number of esters is 1. The van der Waals surface area contributed by atoms with Gasteiger partial charge in [-0.2, -0.15) is 0 Å². The summed E-state index contributed by atoms with van der Waals surface area (Å²) in [6.07, 6.45) is 2.17. The number of aliphatic hydroxyl groups excluding tert-OH is 1. The molecule has 3 atom stereocenters. The van der Waals surface area contributed by atoms with Gasteiger partial charge in [0.05, 0.1) is 26.2 Å². The van der Waals surface area contributed by atoms with Crippen molar-refractivity contribution in [3.05, 3.63) is 53.9 Å². The van der Waals surface area contributed by atoms with E-state index in [1.807, 2.05) is 30.3 Å². The average Bonchev–Trinajstić information content (AvgIpc) is 3.18. The molecule has 1 aromatic carbocycles. The summed E-state index contributed by atoms with van der Waals surface area (Å²) < 4.78 is 10.1. The summed E-state index contributed by atoms with van der Waals surface area (Å²) in [6, 6.07) is 7.39. The van der Waals surface area contributed by atoms with Crippen molar-refractivity contribution in [3.8, 4) is 0 Å². The van der Waals surface area contributed by atoms with Crippen LogP contribution in [0.4, 0.5) is 0 Å². The van der Waals surface area contributed by atoms with Gasteiger partial charge in [0.2, 0.25) is 18.1 Å². The van der Waals surface area contributed by atoms with Crippen molar-refractivity contribution in [2.45, 2.75) is 31.2 Å². The molecule has 3 unspecified atom stereocenters. The van der Waals surface area contributed by atoms with Crippen LogP contribution in [-0.4, -0.2) is 108 Å². The van der Waals surface area contributed by atoms with E-state index in [2.05, 4.69) is 25.3 Å². The molecule has 3 aliphatic heterocycles. The molecule has 0 radical (unpaired) electrons. The van der Waals surface area contributed by atoms with Crippen molar-refractivity contribution < 1.29 is 33.8 Å². The fourth-order valence-corrected chi connectivity index (χ4v) is 5.03. The van der Waals surface area contributed by atoms with Gasteiger partial charge in [0.15, 0.2) is 0 Å². The number of carbonyl (C=O) groups excluding carboxylic acids is 4. The number of morpholine rings is 1. The third-order valence-corrected chi connectivity index (χ3v) is 7.03. The van der Waals surface area contributed by atoms with Gasteiger partial charge in [-0.25, -0.2) is 0 Å². The molecule has 12 heteroatoms. The van der Waals surface area contributed by atoms with E-state index in [1.54, 1.807) is 12.3 Å². The van der Waals surface area contributed by atoms with Crippen LogP contribution in [0, 0.1) is 0 Å². The van der Waals surface area contributed by atoms with Crippen LogP contribution in [0.1, 0.15) is 23.3 Å². The van der Waals surface area contributed by atoms with Crippen LogP contribution in [-0.2, 0) is 23.9 Å². The lowest BCUT2D eigenvalue weighted by Crippen LogP contribution is -2.52. The fraction of sp³-hybridized carbons (Fsp3) is 0.444. The first kappa shape index (κ1) is 26.7. The molecule has 1 aromatic heterocycles. The van der Waals surface area contributed by atoms with Crippen molar-refractivity contribution in [1.29, 1.82) is 0 Å². The highest BCUT2D eigenvalue weighted by molar-refractivity contribution is 6.06. The molecule has 0 aliphatic carbocycles. The number of hydrogen-bond donors (Lipinski definition) is 3. The Bertz CT molecular complexity index is 1290. The second-order valence-corrected chi connectivity index (χ2v) is 9.85. The lowest BCUT2D eigenvalue weighted by molar-refractivity contribution is -0.155. The summed E-state index contributed by atoms with van der Waals surface area (Å²) in [5.74, 6) is -2.05. The zero-order chi connectivity index (χ0) is 27.4. The first-order valence-corrected chi connectivity index (χ1v) is 13.0. The number of benzene rings is 1. The third-order valence-electron chi connectivity index (χ3n) is 7.03. The Balaban J connectivity index is 1.33. The topological polar surface area (TPSA) is 150 Å². The molecule has 12 nitrogen and oxygen atoms in total. The SMILES string of the molecule is O=C(CN1CC(CN2CCOCC2)=CCC(NC(=O)c2nccc3ccccc23)C1=O)NC1CC(=O)OC1O. The van der Waals surface area contributed by atoms with Gasteiger partial charge in [0, 0.05) is 37.8 Å². The minimum Gasteiger partial charge on any atom is -0.434 e. The van der Waals surface area contributed by atoms with Crippen molar-refractivity contribution in [3.63, 3.8) is 0 Å². The molecule has 2 fully saturated rings. The molecular weight excluding hydrogens is 506 g/mol. The summed E-state index contributed by atoms with van der Waals surface area (Å²) in [7, 11) is 0. The molecule has 0 bridgehead atoms. The van der Waals surface area contributed by atoms with Crippen LogP contribution in [0.3, 0.4) is 0 Å². The van der Waals surface area contributed by atoms with E-state index in [-0.39, 0.29) is 31.6 Å². The summed E-state index contributed by atoms with van der Waals surface area (Å²) in [5.41, 5.74) is 1.16. The zero-order valence-corrected chi connectivity index (χ0v) is 21.4. The first-order chi connectivity index (χ1) is 18.9. The molecule has 2 aromatic rings. The number of nitrogens with zero attached hydrogens (tertiary/aromatic N) is 3. The predicted octanol–water partition coefficient (Wildman–Crippen LogP) is -0.426. The van der Waals surface area contributed by atoms with E-state index in [4.69, 9.17) is 4.74 Å². The maximum absolute atomic E-state index is 13.6. The lowest BCUT2D eigenvalue weighted by atomic mass is 10.1. The maximum atomic E-state index is 13.6. The Morgan fingerprint density at radius 3 is 2.67 bits per heavy atom. The zero-order valence-electron chi connectivity index (χ0n) is 21.4. The van der Waals surface area contributed by atoms with Gasteiger partial charge in [0.1, 0.15) is 17.8 Å². The minimum absolute atomic E-state index is 0.153. The Morgan fingerprint density at radius 2 is 1.90 bits per heavy atom. The second-order valence-electron chi connectivity index (χ2n) is 9.85. The number of fused-ring (bicyclic) bond motifs is 1. The largest absolute Gasteiger partial charge is 0.434 e. The van der Waals surface area contributed by atoms with Crippen molar-refractivity contribution in [1.82, 2.24) is 25.4 Å². The average molecular weight is 538 g/mol. The molecule has 0 saturated carbocycles. The normalized spacial score (nSPS) is 24.2. The molecule has 5 rings (SSSR count). The van der Waals surface area contributed by atoms with Gasteiger partial charge in [0.25, 0.3) is 5.91 Å². The standard InChI is InChI=1S/C27H31N5O7/c33-22(29-21-13-23(34)39-27(21)37)16-32-15-17(14-31-9-11-38-12-10-31)5-6-20(26(32)36)30-25(35)24-19-4-2-1-3-18(19)7-8-28-24/h1-5,7-8,20-21,27,37H,6,9-16H2,(H,29,33)(H,30,35). The molecule has 39 heavy (non-hydrogen) atoms. The van der Waals surface area contributed by atoms with Gasteiger partial charge in [-0.05, 0) is 23.4 Å². The number of carbonyl (C=O) groups is 4. The molecule has 0 spiro atoms. The van der Waals surface area contributed by atoms with Gasteiger partial charge >= 0.3 is 5.97 Å². The van der Waals surface area contributed by atoms with Gasteiger partial charge < -0.3 is 30.1 Å². The molecule has 3 amide bonds. The fourth-order valence-electron chi connectivity index (χ4n) is 5.03. The number of nitrogens with one attached hydrogen (secondary N) is 2. The van der Waals surface area contributed by atoms with E-state index >= 15 is 0 Å². The highest BCUT2D eigenvalue weighted by atomic mass is 16.6. The van der Waals surface area contributed by atoms with Crippen LogP contribution >= 0.6 is 0 Å². The van der Waals surface area contributed by atoms with E-state index in [0.717, 1.165) is 24.0 Å². The molecule has 3 aliphatic rings. The number of rotatable bonds is 7. The number of amides is 3. The molecule has 206 valence electrons. The van der Waals surface area contributed by atoms with Crippen molar-refractivity contribution in [2.75, 3.05) is 45.9 Å². The summed E-state index contributed by atoms with van der Waals surface area (Å²) in [6.45, 7) is 3.25.